The Balaban J connectivity index is 2.55. The first-order chi connectivity index (χ1) is 8.42. The Kier molecular flexibility index (Phi) is 3.76. The molecule has 5 nitrogen and oxygen atoms in total. The number of fused-ring (bicyclic) bond motifs is 1. The van der Waals surface area contributed by atoms with Crippen LogP contribution in [0.1, 0.15) is 20.8 Å². The highest BCUT2D eigenvalue weighted by Gasteiger charge is 2.19. The maximum absolute atomic E-state index is 9.91. The molecule has 0 saturated heterocycles. The zero-order valence-corrected chi connectivity index (χ0v) is 12.8. The van der Waals surface area contributed by atoms with Crippen LogP contribution in [0.5, 0.6) is 5.88 Å². The molecule has 18 heavy (non-hydrogen) atoms. The number of nitrogens with zero attached hydrogens (tertiary/aromatic N) is 3. The van der Waals surface area contributed by atoms with Gasteiger partial charge in [0.15, 0.2) is 0 Å². The largest absolute Gasteiger partial charge is 0.477 e. The third-order valence-electron chi connectivity index (χ3n) is 2.41. The topological polar surface area (TPSA) is 60.2 Å². The maximum Gasteiger partial charge on any atom is 0.227 e. The third kappa shape index (κ3) is 2.74. The van der Waals surface area contributed by atoms with Crippen molar-refractivity contribution in [2.24, 2.45) is 0 Å². The van der Waals surface area contributed by atoms with Crippen molar-refractivity contribution in [2.45, 2.75) is 32.9 Å². The molecule has 0 fully saturated rings. The quantitative estimate of drug-likeness (QED) is 0.849. The second-order valence-corrected chi connectivity index (χ2v) is 5.89. The maximum atomic E-state index is 9.91. The Morgan fingerprint density at radius 3 is 2.78 bits per heavy atom. The molecule has 0 aromatic carbocycles. The van der Waals surface area contributed by atoms with Crippen LogP contribution in [0.3, 0.4) is 0 Å². The lowest BCUT2D eigenvalue weighted by molar-refractivity contribution is 0.0626. The van der Waals surface area contributed by atoms with Crippen molar-refractivity contribution < 1.29 is 9.84 Å². The molecule has 1 N–H and O–H groups in total. The lowest BCUT2D eigenvalue weighted by Gasteiger charge is -2.18. The summed E-state index contributed by atoms with van der Waals surface area (Å²) in [5, 5.41) is 10.8. The molecule has 0 aliphatic carbocycles. The van der Waals surface area contributed by atoms with Crippen LogP contribution >= 0.6 is 22.6 Å². The molecule has 0 unspecified atom stereocenters. The first-order valence-corrected chi connectivity index (χ1v) is 6.85. The van der Waals surface area contributed by atoms with E-state index in [4.69, 9.17) is 4.74 Å². The van der Waals surface area contributed by atoms with Crippen LogP contribution in [-0.2, 0) is 6.54 Å². The van der Waals surface area contributed by atoms with Crippen LogP contribution < -0.4 is 4.74 Å². The molecular weight excluding hydrogens is 345 g/mol. The van der Waals surface area contributed by atoms with Gasteiger partial charge in [-0.1, -0.05) is 0 Å². The molecule has 0 radical (unpaired) electrons. The zero-order chi connectivity index (χ0) is 13.3. The molecule has 0 spiro atoms. The normalized spacial score (nSPS) is 12.1. The minimum Gasteiger partial charge on any atom is -0.477 e. The smallest absolute Gasteiger partial charge is 0.227 e. The van der Waals surface area contributed by atoms with Crippen molar-refractivity contribution in [2.75, 3.05) is 6.61 Å². The van der Waals surface area contributed by atoms with Crippen LogP contribution in [0.2, 0.25) is 0 Å². The third-order valence-corrected chi connectivity index (χ3v) is 3.23. The molecule has 0 amide bonds. The van der Waals surface area contributed by atoms with Gasteiger partial charge in [-0.15, -0.1) is 0 Å². The monoisotopic (exact) mass is 361 g/mol. The molecule has 2 aromatic rings. The van der Waals surface area contributed by atoms with Crippen molar-refractivity contribution in [3.8, 4) is 5.88 Å². The summed E-state index contributed by atoms with van der Waals surface area (Å²) < 4.78 is 8.47. The summed E-state index contributed by atoms with van der Waals surface area (Å²) in [5.74, 6) is 0.599. The van der Waals surface area contributed by atoms with Gasteiger partial charge in [0.05, 0.1) is 24.1 Å². The van der Waals surface area contributed by atoms with Crippen LogP contribution in [0, 0.1) is 3.57 Å². The lowest BCUT2D eigenvalue weighted by atomic mass is 10.1. The van der Waals surface area contributed by atoms with E-state index in [1.165, 1.54) is 6.33 Å². The van der Waals surface area contributed by atoms with E-state index < -0.39 is 5.60 Å². The minimum atomic E-state index is -0.786. The standard InChI is InChI=1S/C12H16IN3O2/c1-4-18-11-9-8(13)5-16(6-12(2,3)17)10(9)14-7-15-11/h5,7,17H,4,6H2,1-3H3. The van der Waals surface area contributed by atoms with Gasteiger partial charge in [0.2, 0.25) is 5.88 Å². The Morgan fingerprint density at radius 1 is 1.44 bits per heavy atom. The van der Waals surface area contributed by atoms with Gasteiger partial charge in [0, 0.05) is 9.77 Å². The zero-order valence-electron chi connectivity index (χ0n) is 10.6. The van der Waals surface area contributed by atoms with Gasteiger partial charge in [-0.05, 0) is 43.4 Å². The Hall–Kier alpha value is -0.890. The van der Waals surface area contributed by atoms with Gasteiger partial charge in [-0.3, -0.25) is 0 Å². The Bertz CT molecular complexity index is 560. The summed E-state index contributed by atoms with van der Waals surface area (Å²) in [5.41, 5.74) is 0.00569. The van der Waals surface area contributed by atoms with Crippen molar-refractivity contribution in [3.05, 3.63) is 16.1 Å². The number of halogens is 1. The van der Waals surface area contributed by atoms with E-state index in [-0.39, 0.29) is 0 Å². The molecule has 2 heterocycles. The molecule has 98 valence electrons. The number of aromatic nitrogens is 3. The van der Waals surface area contributed by atoms with Crippen molar-refractivity contribution in [3.63, 3.8) is 0 Å². The van der Waals surface area contributed by atoms with Gasteiger partial charge >= 0.3 is 0 Å². The highest BCUT2D eigenvalue weighted by Crippen LogP contribution is 2.29. The second-order valence-electron chi connectivity index (χ2n) is 4.73. The summed E-state index contributed by atoms with van der Waals surface area (Å²) in [4.78, 5) is 8.44. The predicted molar refractivity (Wildman–Crippen MR) is 77.7 cm³/mol. The molecular formula is C12H16IN3O2. The van der Waals surface area contributed by atoms with E-state index in [2.05, 4.69) is 32.6 Å². The van der Waals surface area contributed by atoms with E-state index in [0.717, 1.165) is 14.6 Å². The molecule has 0 aliphatic heterocycles. The fourth-order valence-electron chi connectivity index (χ4n) is 1.83. The van der Waals surface area contributed by atoms with E-state index in [1.807, 2.05) is 17.7 Å². The van der Waals surface area contributed by atoms with Crippen molar-refractivity contribution in [1.82, 2.24) is 14.5 Å². The van der Waals surface area contributed by atoms with E-state index in [1.54, 1.807) is 13.8 Å². The van der Waals surface area contributed by atoms with E-state index in [9.17, 15) is 5.11 Å². The summed E-state index contributed by atoms with van der Waals surface area (Å²) >= 11 is 2.23. The molecule has 0 atom stereocenters. The fourth-order valence-corrected chi connectivity index (χ4v) is 2.64. The Labute approximate surface area is 119 Å². The lowest BCUT2D eigenvalue weighted by Crippen LogP contribution is -2.25. The van der Waals surface area contributed by atoms with Crippen LogP contribution in [-0.4, -0.2) is 31.8 Å². The molecule has 2 rings (SSSR count). The summed E-state index contributed by atoms with van der Waals surface area (Å²) in [7, 11) is 0. The average molecular weight is 361 g/mol. The predicted octanol–water partition coefficient (Wildman–Crippen LogP) is 2.21. The van der Waals surface area contributed by atoms with Crippen LogP contribution in [0.15, 0.2) is 12.5 Å². The minimum absolute atomic E-state index is 0.481. The van der Waals surface area contributed by atoms with Gasteiger partial charge < -0.3 is 14.4 Å². The van der Waals surface area contributed by atoms with Gasteiger partial charge in [-0.25, -0.2) is 9.97 Å². The Morgan fingerprint density at radius 2 is 2.17 bits per heavy atom. The fraction of sp³-hybridized carbons (Fsp3) is 0.500. The summed E-state index contributed by atoms with van der Waals surface area (Å²) in [6.07, 6.45) is 3.45. The molecule has 2 aromatic heterocycles. The highest BCUT2D eigenvalue weighted by atomic mass is 127. The average Bonchev–Trinajstić information content (AvgIpc) is 2.55. The number of rotatable bonds is 4. The van der Waals surface area contributed by atoms with Crippen molar-refractivity contribution in [1.29, 1.82) is 0 Å². The molecule has 0 saturated carbocycles. The molecule has 0 aliphatic rings. The van der Waals surface area contributed by atoms with E-state index in [0.29, 0.717) is 19.0 Å². The first-order valence-electron chi connectivity index (χ1n) is 5.77. The van der Waals surface area contributed by atoms with Crippen molar-refractivity contribution >= 4 is 33.6 Å². The second kappa shape index (κ2) is 5.00. The first kappa shape index (κ1) is 13.5. The van der Waals surface area contributed by atoms with Gasteiger partial charge in [0.1, 0.15) is 12.0 Å². The van der Waals surface area contributed by atoms with Crippen LogP contribution in [0.25, 0.3) is 11.0 Å². The SMILES string of the molecule is CCOc1ncnc2c1c(I)cn2CC(C)(C)O. The number of hydrogen-bond acceptors (Lipinski definition) is 4. The highest BCUT2D eigenvalue weighted by molar-refractivity contribution is 14.1. The number of hydrogen-bond donors (Lipinski definition) is 1. The summed E-state index contributed by atoms with van der Waals surface area (Å²) in [6.45, 7) is 6.52. The number of aliphatic hydroxyl groups is 1. The van der Waals surface area contributed by atoms with Crippen LogP contribution in [0.4, 0.5) is 0 Å². The van der Waals surface area contributed by atoms with Gasteiger partial charge in [-0.2, -0.15) is 0 Å². The van der Waals surface area contributed by atoms with Gasteiger partial charge in [0.25, 0.3) is 0 Å². The molecule has 6 heteroatoms. The summed E-state index contributed by atoms with van der Waals surface area (Å²) in [6, 6.07) is 0. The van der Waals surface area contributed by atoms with E-state index >= 15 is 0 Å². The molecule has 0 bridgehead atoms. The number of ether oxygens (including phenoxy) is 1.